The van der Waals surface area contributed by atoms with Crippen LogP contribution in [-0.2, 0) is 19.4 Å². The van der Waals surface area contributed by atoms with E-state index in [0.29, 0.717) is 11.4 Å². The summed E-state index contributed by atoms with van der Waals surface area (Å²) in [5.41, 5.74) is 6.45. The number of hydrogen-bond donors (Lipinski definition) is 3. The van der Waals surface area contributed by atoms with Gasteiger partial charge in [-0.05, 0) is 18.1 Å². The molecule has 1 aromatic carbocycles. The first-order chi connectivity index (χ1) is 12.6. The number of carbonyl (C=O) groups excluding carboxylic acids is 2. The third-order valence-electron chi connectivity index (χ3n) is 3.82. The largest absolute Gasteiger partial charge is 0.346 e. The summed E-state index contributed by atoms with van der Waals surface area (Å²) in [4.78, 5) is 23.9. The molecule has 28 heavy (non-hydrogen) atoms. The highest BCUT2D eigenvalue weighted by Crippen LogP contribution is 2.20. The molecule has 0 radical (unpaired) electrons. The fourth-order valence-corrected chi connectivity index (χ4v) is 3.14. The number of benzene rings is 1. The highest BCUT2D eigenvalue weighted by molar-refractivity contribution is 7.90. The van der Waals surface area contributed by atoms with Crippen molar-refractivity contribution in [3.05, 3.63) is 36.7 Å². The van der Waals surface area contributed by atoms with Gasteiger partial charge in [-0.15, -0.1) is 12.4 Å². The minimum Gasteiger partial charge on any atom is -0.346 e. The van der Waals surface area contributed by atoms with Gasteiger partial charge in [0.1, 0.15) is 0 Å². The van der Waals surface area contributed by atoms with E-state index in [4.69, 9.17) is 5.73 Å². The number of aromatic nitrogens is 2. The fourth-order valence-electron chi connectivity index (χ4n) is 2.27. The van der Waals surface area contributed by atoms with Gasteiger partial charge < -0.3 is 16.4 Å². The molecule has 0 unspecified atom stereocenters. The molecule has 11 heteroatoms. The van der Waals surface area contributed by atoms with Gasteiger partial charge in [-0.3, -0.25) is 9.59 Å². The molecule has 4 N–H and O–H groups in total. The van der Waals surface area contributed by atoms with Crippen molar-refractivity contribution in [2.75, 3.05) is 18.1 Å². The van der Waals surface area contributed by atoms with Crippen LogP contribution in [0.5, 0.6) is 0 Å². The average Bonchev–Trinajstić information content (AvgIpc) is 3.06. The molecule has 0 aliphatic heterocycles. The Labute approximate surface area is 170 Å². The first-order valence-corrected chi connectivity index (χ1v) is 10.2. The highest BCUT2D eigenvalue weighted by Gasteiger charge is 2.18. The Morgan fingerprint density at radius 3 is 2.50 bits per heavy atom. The van der Waals surface area contributed by atoms with Crippen LogP contribution >= 0.6 is 12.4 Å². The Hall–Kier alpha value is -2.43. The molecule has 0 saturated carbocycles. The van der Waals surface area contributed by atoms with Crippen molar-refractivity contribution in [1.29, 1.82) is 0 Å². The molecule has 2 rings (SSSR count). The second-order valence-electron chi connectivity index (χ2n) is 6.45. The number of rotatable bonds is 7. The predicted molar refractivity (Wildman–Crippen MR) is 108 cm³/mol. The van der Waals surface area contributed by atoms with Gasteiger partial charge in [-0.25, -0.2) is 13.1 Å². The van der Waals surface area contributed by atoms with E-state index in [2.05, 4.69) is 15.7 Å². The SMILES string of the molecule is CC(C)[C@H](N)C(=O)NCC(=O)Nc1cnn(-c2ccccc2S(C)(=O)=O)c1.Cl. The molecule has 0 aliphatic carbocycles. The molecule has 0 bridgehead atoms. The summed E-state index contributed by atoms with van der Waals surface area (Å²) in [5.74, 6) is -0.894. The second kappa shape index (κ2) is 9.67. The van der Waals surface area contributed by atoms with Gasteiger partial charge in [-0.2, -0.15) is 5.10 Å². The third kappa shape index (κ3) is 6.04. The molecule has 9 nitrogen and oxygen atoms in total. The smallest absolute Gasteiger partial charge is 0.243 e. The lowest BCUT2D eigenvalue weighted by molar-refractivity contribution is -0.125. The van der Waals surface area contributed by atoms with E-state index >= 15 is 0 Å². The summed E-state index contributed by atoms with van der Waals surface area (Å²) in [6.45, 7) is 3.39. The molecule has 2 amide bonds. The molecule has 154 valence electrons. The number of hydrogen-bond acceptors (Lipinski definition) is 6. The zero-order chi connectivity index (χ0) is 20.2. The van der Waals surface area contributed by atoms with Crippen molar-refractivity contribution < 1.29 is 18.0 Å². The van der Waals surface area contributed by atoms with Crippen molar-refractivity contribution in [2.45, 2.75) is 24.8 Å². The summed E-state index contributed by atoms with van der Waals surface area (Å²) >= 11 is 0. The fraction of sp³-hybridized carbons (Fsp3) is 0.353. The molecule has 1 aromatic heterocycles. The molecule has 0 fully saturated rings. The number of sulfone groups is 1. The molecular weight excluding hydrogens is 406 g/mol. The zero-order valence-corrected chi connectivity index (χ0v) is 17.4. The van der Waals surface area contributed by atoms with Crippen LogP contribution in [0.25, 0.3) is 5.69 Å². The van der Waals surface area contributed by atoms with Gasteiger partial charge in [0.05, 0.1) is 41.3 Å². The van der Waals surface area contributed by atoms with Crippen LogP contribution in [0.15, 0.2) is 41.6 Å². The Morgan fingerprint density at radius 2 is 1.89 bits per heavy atom. The van der Waals surface area contributed by atoms with Crippen LogP contribution in [0.2, 0.25) is 0 Å². The van der Waals surface area contributed by atoms with Crippen LogP contribution in [-0.4, -0.2) is 48.9 Å². The minimum atomic E-state index is -3.44. The number of carbonyl (C=O) groups is 2. The number of para-hydroxylation sites is 1. The van der Waals surface area contributed by atoms with Gasteiger partial charge in [0.25, 0.3) is 0 Å². The van der Waals surface area contributed by atoms with Crippen LogP contribution in [0.4, 0.5) is 5.69 Å². The summed E-state index contributed by atoms with van der Waals surface area (Å²) in [6.07, 6.45) is 3.99. The van der Waals surface area contributed by atoms with E-state index in [1.165, 1.54) is 23.1 Å². The Kier molecular flexibility index (Phi) is 8.15. The lowest BCUT2D eigenvalue weighted by atomic mass is 10.1. The lowest BCUT2D eigenvalue weighted by Crippen LogP contribution is -2.46. The lowest BCUT2D eigenvalue weighted by Gasteiger charge is -2.14. The van der Waals surface area contributed by atoms with Crippen LogP contribution in [0.3, 0.4) is 0 Å². The van der Waals surface area contributed by atoms with Crippen molar-refractivity contribution in [1.82, 2.24) is 15.1 Å². The van der Waals surface area contributed by atoms with Crippen LogP contribution in [0.1, 0.15) is 13.8 Å². The van der Waals surface area contributed by atoms with Gasteiger partial charge in [0.15, 0.2) is 9.84 Å². The highest BCUT2D eigenvalue weighted by atomic mass is 35.5. The van der Waals surface area contributed by atoms with Crippen LogP contribution < -0.4 is 16.4 Å². The summed E-state index contributed by atoms with van der Waals surface area (Å²) < 4.78 is 25.2. The first kappa shape index (κ1) is 23.6. The average molecular weight is 430 g/mol. The number of anilines is 1. The van der Waals surface area contributed by atoms with Crippen LogP contribution in [0, 0.1) is 5.92 Å². The van der Waals surface area contributed by atoms with E-state index in [1.54, 1.807) is 18.2 Å². The molecule has 0 aliphatic rings. The molecule has 1 atom stereocenters. The Morgan fingerprint density at radius 1 is 1.25 bits per heavy atom. The summed E-state index contributed by atoms with van der Waals surface area (Å²) in [5, 5.41) is 9.15. The topological polar surface area (TPSA) is 136 Å². The number of nitrogens with two attached hydrogens (primary N) is 1. The number of nitrogens with zero attached hydrogens (tertiary/aromatic N) is 2. The van der Waals surface area contributed by atoms with Crippen molar-refractivity contribution in [3.63, 3.8) is 0 Å². The van der Waals surface area contributed by atoms with Crippen molar-refractivity contribution in [3.8, 4) is 5.69 Å². The Balaban J connectivity index is 0.00000392. The maximum atomic E-state index is 12.0. The van der Waals surface area contributed by atoms with E-state index in [-0.39, 0.29) is 29.8 Å². The van der Waals surface area contributed by atoms with E-state index < -0.39 is 27.7 Å². The van der Waals surface area contributed by atoms with Gasteiger partial charge in [-0.1, -0.05) is 26.0 Å². The van der Waals surface area contributed by atoms with Crippen molar-refractivity contribution >= 4 is 39.7 Å². The molecule has 2 aromatic rings. The monoisotopic (exact) mass is 429 g/mol. The number of nitrogens with one attached hydrogen (secondary N) is 2. The first-order valence-electron chi connectivity index (χ1n) is 8.27. The maximum absolute atomic E-state index is 12.0. The number of halogens is 1. The second-order valence-corrected chi connectivity index (χ2v) is 8.43. The summed E-state index contributed by atoms with van der Waals surface area (Å²) in [7, 11) is -3.44. The molecule has 1 heterocycles. The summed E-state index contributed by atoms with van der Waals surface area (Å²) in [6, 6.07) is 5.72. The third-order valence-corrected chi connectivity index (χ3v) is 4.97. The molecule has 0 spiro atoms. The molecule has 0 saturated heterocycles. The van der Waals surface area contributed by atoms with E-state index in [1.807, 2.05) is 13.8 Å². The van der Waals surface area contributed by atoms with Gasteiger partial charge >= 0.3 is 0 Å². The maximum Gasteiger partial charge on any atom is 0.243 e. The van der Waals surface area contributed by atoms with E-state index in [0.717, 1.165) is 6.26 Å². The minimum absolute atomic E-state index is 0. The Bertz CT molecular complexity index is 943. The predicted octanol–water partition coefficient (Wildman–Crippen LogP) is 0.736. The standard InChI is InChI=1S/C17H23N5O4S.ClH/c1-11(2)16(18)17(24)19-9-15(23)21-12-8-20-22(10-12)13-6-4-5-7-14(13)27(3,25)26;/h4-8,10-11,16H,9,18H2,1-3H3,(H,19,24)(H,21,23);1H/t16-;/m0./s1. The zero-order valence-electron chi connectivity index (χ0n) is 15.7. The normalized spacial score (nSPS) is 12.2. The van der Waals surface area contributed by atoms with Crippen molar-refractivity contribution in [2.24, 2.45) is 11.7 Å². The van der Waals surface area contributed by atoms with Gasteiger partial charge in [0.2, 0.25) is 11.8 Å². The molecular formula is C17H24ClN5O4S. The van der Waals surface area contributed by atoms with Gasteiger partial charge in [0, 0.05) is 6.26 Å². The number of amides is 2. The quantitative estimate of drug-likeness (QED) is 0.593. The van der Waals surface area contributed by atoms with E-state index in [9.17, 15) is 18.0 Å².